The molecule has 3 rings (SSSR count). The molecule has 1 amide bonds. The number of nitrogens with zero attached hydrogens (tertiary/aromatic N) is 3. The monoisotopic (exact) mass is 295 g/mol. The number of halogens is 1. The molecule has 6 heteroatoms. The predicted molar refractivity (Wildman–Crippen MR) is 77.6 cm³/mol. The van der Waals surface area contributed by atoms with Crippen LogP contribution in [0.5, 0.6) is 0 Å². The molecule has 2 aromatic rings. The van der Waals surface area contributed by atoms with Crippen LogP contribution < -0.4 is 0 Å². The molecule has 1 aromatic carbocycles. The maximum atomic E-state index is 11.9. The van der Waals surface area contributed by atoms with Gasteiger partial charge in [0.1, 0.15) is 0 Å². The highest BCUT2D eigenvalue weighted by molar-refractivity contribution is 8.00. The molecule has 2 heterocycles. The van der Waals surface area contributed by atoms with Gasteiger partial charge in [0, 0.05) is 25.7 Å². The van der Waals surface area contributed by atoms with Crippen molar-refractivity contribution in [2.24, 2.45) is 7.05 Å². The fraction of sp³-hybridized carbons (Fsp3) is 0.385. The van der Waals surface area contributed by atoms with Crippen molar-refractivity contribution in [2.75, 3.05) is 13.6 Å². The van der Waals surface area contributed by atoms with Crippen LogP contribution in [0.15, 0.2) is 23.4 Å². The van der Waals surface area contributed by atoms with E-state index < -0.39 is 0 Å². The smallest absolute Gasteiger partial charge is 0.235 e. The maximum Gasteiger partial charge on any atom is 0.235 e. The average molecular weight is 296 g/mol. The molecule has 0 bridgehead atoms. The number of likely N-dealkylation sites (tertiary alicyclic amines) is 1. The molecule has 19 heavy (non-hydrogen) atoms. The lowest BCUT2D eigenvalue weighted by Crippen LogP contribution is -2.23. The number of rotatable bonds is 2. The number of imidazole rings is 1. The Labute approximate surface area is 120 Å². The Hall–Kier alpha value is -1.20. The summed E-state index contributed by atoms with van der Waals surface area (Å²) in [5.41, 5.74) is 1.90. The van der Waals surface area contributed by atoms with Crippen LogP contribution in [-0.2, 0) is 11.8 Å². The van der Waals surface area contributed by atoms with Gasteiger partial charge in [0.25, 0.3) is 0 Å². The van der Waals surface area contributed by atoms with Crippen molar-refractivity contribution in [3.8, 4) is 0 Å². The number of thioether (sulfide) groups is 1. The third kappa shape index (κ3) is 2.21. The highest BCUT2D eigenvalue weighted by Gasteiger charge is 2.31. The highest BCUT2D eigenvalue weighted by atomic mass is 35.5. The minimum atomic E-state index is -0.0176. The molecule has 1 atom stereocenters. The Morgan fingerprint density at radius 3 is 2.89 bits per heavy atom. The highest BCUT2D eigenvalue weighted by Crippen LogP contribution is 2.32. The van der Waals surface area contributed by atoms with Crippen LogP contribution in [0.4, 0.5) is 0 Å². The molecule has 4 nitrogen and oxygen atoms in total. The van der Waals surface area contributed by atoms with Gasteiger partial charge in [-0.2, -0.15) is 0 Å². The van der Waals surface area contributed by atoms with Gasteiger partial charge in [-0.15, -0.1) is 0 Å². The predicted octanol–water partition coefficient (Wildman–Crippen LogP) is 2.55. The molecule has 1 aliphatic rings. The molecule has 0 radical (unpaired) electrons. The summed E-state index contributed by atoms with van der Waals surface area (Å²) in [4.78, 5) is 18.3. The molecule has 1 saturated heterocycles. The molecule has 100 valence electrons. The van der Waals surface area contributed by atoms with Gasteiger partial charge in [-0.25, -0.2) is 4.98 Å². The first-order chi connectivity index (χ1) is 9.06. The Balaban J connectivity index is 1.93. The van der Waals surface area contributed by atoms with Gasteiger partial charge in [0.05, 0.1) is 16.3 Å². The largest absolute Gasteiger partial charge is 0.345 e. The summed E-state index contributed by atoms with van der Waals surface area (Å²) in [6, 6.07) is 5.66. The second kappa shape index (κ2) is 4.72. The van der Waals surface area contributed by atoms with Crippen LogP contribution >= 0.6 is 23.4 Å². The summed E-state index contributed by atoms with van der Waals surface area (Å²) in [6.07, 6.45) is 0.879. The maximum absolute atomic E-state index is 11.9. The summed E-state index contributed by atoms with van der Waals surface area (Å²) in [6.45, 7) is 0.826. The first-order valence-electron chi connectivity index (χ1n) is 6.10. The van der Waals surface area contributed by atoms with E-state index >= 15 is 0 Å². The third-order valence-electron chi connectivity index (χ3n) is 3.43. The molecule has 1 fully saturated rings. The number of aryl methyl sites for hydroxylation is 1. The zero-order valence-corrected chi connectivity index (χ0v) is 12.3. The number of aromatic nitrogens is 2. The van der Waals surface area contributed by atoms with Gasteiger partial charge in [-0.3, -0.25) is 4.79 Å². The van der Waals surface area contributed by atoms with Crippen LogP contribution in [0.1, 0.15) is 6.42 Å². The Morgan fingerprint density at radius 1 is 1.42 bits per heavy atom. The van der Waals surface area contributed by atoms with E-state index in [9.17, 15) is 4.79 Å². The van der Waals surface area contributed by atoms with Crippen LogP contribution in [0.2, 0.25) is 5.02 Å². The van der Waals surface area contributed by atoms with Crippen LogP contribution in [0, 0.1) is 0 Å². The molecule has 0 saturated carbocycles. The topological polar surface area (TPSA) is 38.1 Å². The van der Waals surface area contributed by atoms with E-state index in [1.54, 1.807) is 4.90 Å². The molecule has 0 spiro atoms. The number of carbonyl (C=O) groups is 1. The van der Waals surface area contributed by atoms with E-state index in [2.05, 4.69) is 4.98 Å². The molecular weight excluding hydrogens is 282 g/mol. The lowest BCUT2D eigenvalue weighted by molar-refractivity contribution is -0.126. The van der Waals surface area contributed by atoms with Crippen LogP contribution in [0.3, 0.4) is 0 Å². The number of hydrogen-bond donors (Lipinski definition) is 0. The quantitative estimate of drug-likeness (QED) is 0.854. The van der Waals surface area contributed by atoms with Gasteiger partial charge in [0.15, 0.2) is 5.16 Å². The SMILES string of the molecule is CN1CCC(Sc2nc3cc(Cl)ccc3n2C)C1=O. The molecule has 1 unspecified atom stereocenters. The number of hydrogen-bond acceptors (Lipinski definition) is 3. The Bertz CT molecular complexity index is 655. The number of benzene rings is 1. The van der Waals surface area contributed by atoms with Gasteiger partial charge in [-0.05, 0) is 24.6 Å². The number of carbonyl (C=O) groups excluding carboxylic acids is 1. The lowest BCUT2D eigenvalue weighted by atomic mass is 10.3. The van der Waals surface area contributed by atoms with E-state index in [-0.39, 0.29) is 11.2 Å². The van der Waals surface area contributed by atoms with E-state index in [4.69, 9.17) is 11.6 Å². The van der Waals surface area contributed by atoms with Gasteiger partial charge in [0.2, 0.25) is 5.91 Å². The first kappa shape index (κ1) is 12.8. The fourth-order valence-electron chi connectivity index (χ4n) is 2.28. The molecule has 1 aliphatic heterocycles. The minimum absolute atomic E-state index is 0.0176. The summed E-state index contributed by atoms with van der Waals surface area (Å²) >= 11 is 7.51. The normalized spacial score (nSPS) is 19.6. The lowest BCUT2D eigenvalue weighted by Gasteiger charge is -2.09. The van der Waals surface area contributed by atoms with Gasteiger partial charge < -0.3 is 9.47 Å². The Kier molecular flexibility index (Phi) is 3.19. The molecular formula is C13H14ClN3OS. The second-order valence-corrected chi connectivity index (χ2v) is 6.35. The van der Waals surface area contributed by atoms with Crippen molar-refractivity contribution in [3.05, 3.63) is 23.2 Å². The van der Waals surface area contributed by atoms with Gasteiger partial charge in [-0.1, -0.05) is 23.4 Å². The summed E-state index contributed by atoms with van der Waals surface area (Å²) in [5, 5.41) is 1.53. The molecule has 0 aliphatic carbocycles. The van der Waals surface area contributed by atoms with Crippen molar-refractivity contribution in [2.45, 2.75) is 16.8 Å². The second-order valence-electron chi connectivity index (χ2n) is 4.74. The van der Waals surface area contributed by atoms with Crippen molar-refractivity contribution >= 4 is 40.3 Å². The van der Waals surface area contributed by atoms with Crippen LogP contribution in [-0.4, -0.2) is 39.2 Å². The molecule has 0 N–H and O–H groups in total. The third-order valence-corrected chi connectivity index (χ3v) is 4.96. The zero-order valence-electron chi connectivity index (χ0n) is 10.8. The van der Waals surface area contributed by atoms with E-state index in [0.29, 0.717) is 5.02 Å². The Morgan fingerprint density at radius 2 is 2.21 bits per heavy atom. The van der Waals surface area contributed by atoms with E-state index in [0.717, 1.165) is 29.2 Å². The average Bonchev–Trinajstić information content (AvgIpc) is 2.85. The van der Waals surface area contributed by atoms with E-state index in [1.165, 1.54) is 11.8 Å². The summed E-state index contributed by atoms with van der Waals surface area (Å²) in [7, 11) is 3.81. The summed E-state index contributed by atoms with van der Waals surface area (Å²) in [5.74, 6) is 0.190. The zero-order chi connectivity index (χ0) is 13.6. The first-order valence-corrected chi connectivity index (χ1v) is 7.35. The van der Waals surface area contributed by atoms with E-state index in [1.807, 2.05) is 36.9 Å². The van der Waals surface area contributed by atoms with Crippen molar-refractivity contribution in [1.29, 1.82) is 0 Å². The van der Waals surface area contributed by atoms with Gasteiger partial charge >= 0.3 is 0 Å². The fourth-order valence-corrected chi connectivity index (χ4v) is 3.62. The number of amides is 1. The summed E-state index contributed by atoms with van der Waals surface area (Å²) < 4.78 is 2.02. The van der Waals surface area contributed by atoms with Crippen molar-refractivity contribution < 1.29 is 4.79 Å². The van der Waals surface area contributed by atoms with Crippen molar-refractivity contribution in [1.82, 2.24) is 14.5 Å². The van der Waals surface area contributed by atoms with Crippen molar-refractivity contribution in [3.63, 3.8) is 0 Å². The number of fused-ring (bicyclic) bond motifs is 1. The minimum Gasteiger partial charge on any atom is -0.345 e. The van der Waals surface area contributed by atoms with Crippen LogP contribution in [0.25, 0.3) is 11.0 Å². The standard InChI is InChI=1S/C13H14ClN3OS/c1-16-6-5-11(12(16)18)19-13-15-9-7-8(14)3-4-10(9)17(13)2/h3-4,7,11H,5-6H2,1-2H3. The molecule has 1 aromatic heterocycles.